The second kappa shape index (κ2) is 12.0. The molecule has 0 saturated carbocycles. The first-order valence-corrected chi connectivity index (χ1v) is 14.5. The Bertz CT molecular complexity index is 1860. The minimum atomic E-state index is -0.489. The van der Waals surface area contributed by atoms with Crippen molar-refractivity contribution in [1.82, 2.24) is 9.47 Å². The van der Waals surface area contributed by atoms with Crippen molar-refractivity contribution in [2.75, 3.05) is 24.5 Å². The molecule has 0 bridgehead atoms. The molecule has 1 aromatic heterocycles. The topological polar surface area (TPSA) is 89.6 Å². The van der Waals surface area contributed by atoms with E-state index in [1.807, 2.05) is 49.9 Å². The summed E-state index contributed by atoms with van der Waals surface area (Å²) in [6, 6.07) is 17.1. The Kier molecular flexibility index (Phi) is 8.41. The normalized spacial score (nSPS) is 15.2. The number of nitrogens with zero attached hydrogens (tertiary/aromatic N) is 4. The number of benzene rings is 3. The standard InChI is InChI=1S/C34H32ClFN4O3/c1-5-32(42)38-12-13-39(21(4)18-38)33-27-15-29(35)26(25-11-10-23(36)14-22(25)19-41)16-31(27)40(34(43)28(33)17-37)30-9-7-6-8-24(30)20(2)3/h5-11,14-16,20-21,41H,1,12-13,18-19H2,2-4H3/t21-/m0/s1. The van der Waals surface area contributed by atoms with Gasteiger partial charge in [0.2, 0.25) is 5.91 Å². The SMILES string of the molecule is C=CC(=O)N1CCN(c2c(C#N)c(=O)n(-c3ccccc3C(C)C)c3cc(-c4ccc(F)cc4CO)c(Cl)cc23)[C@@H](C)C1. The van der Waals surface area contributed by atoms with Crippen LogP contribution in [0.4, 0.5) is 10.1 Å². The first kappa shape index (κ1) is 30.0. The number of hydrogen-bond donors (Lipinski definition) is 1. The van der Waals surface area contributed by atoms with E-state index < -0.39 is 18.0 Å². The molecule has 0 unspecified atom stereocenters. The van der Waals surface area contributed by atoms with Crippen LogP contribution >= 0.6 is 11.6 Å². The largest absolute Gasteiger partial charge is 0.392 e. The van der Waals surface area contributed by atoms with Crippen LogP contribution in [0.15, 0.2) is 72.0 Å². The van der Waals surface area contributed by atoms with Gasteiger partial charge in [-0.1, -0.05) is 56.3 Å². The van der Waals surface area contributed by atoms with E-state index in [1.54, 1.807) is 27.7 Å². The molecule has 1 amide bonds. The number of hydrogen-bond acceptors (Lipinski definition) is 5. The number of aliphatic hydroxyl groups is 1. The van der Waals surface area contributed by atoms with Crippen molar-refractivity contribution in [3.05, 3.63) is 105 Å². The maximum absolute atomic E-state index is 14.4. The van der Waals surface area contributed by atoms with Crippen molar-refractivity contribution in [3.63, 3.8) is 0 Å². The van der Waals surface area contributed by atoms with E-state index >= 15 is 0 Å². The summed E-state index contributed by atoms with van der Waals surface area (Å²) < 4.78 is 15.6. The number of carbonyl (C=O) groups is 1. The summed E-state index contributed by atoms with van der Waals surface area (Å²) >= 11 is 6.92. The third-order valence-corrected chi connectivity index (χ3v) is 8.39. The lowest BCUT2D eigenvalue weighted by Gasteiger charge is -2.41. The number of para-hydroxylation sites is 1. The summed E-state index contributed by atoms with van der Waals surface area (Å²) in [5, 5.41) is 21.4. The lowest BCUT2D eigenvalue weighted by Crippen LogP contribution is -2.54. The molecule has 2 heterocycles. The molecule has 0 spiro atoms. The Morgan fingerprint density at radius 2 is 1.93 bits per heavy atom. The van der Waals surface area contributed by atoms with Crippen LogP contribution < -0.4 is 10.5 Å². The quantitative estimate of drug-likeness (QED) is 0.269. The summed E-state index contributed by atoms with van der Waals surface area (Å²) in [7, 11) is 0. The number of aromatic nitrogens is 1. The second-order valence-electron chi connectivity index (χ2n) is 11.0. The maximum Gasteiger partial charge on any atom is 0.275 e. The average Bonchev–Trinajstić information content (AvgIpc) is 3.00. The van der Waals surface area contributed by atoms with Crippen LogP contribution in [0.1, 0.15) is 43.4 Å². The zero-order valence-electron chi connectivity index (χ0n) is 24.3. The van der Waals surface area contributed by atoms with Crippen LogP contribution in [0, 0.1) is 17.1 Å². The fourth-order valence-corrected chi connectivity index (χ4v) is 6.26. The van der Waals surface area contributed by atoms with Crippen LogP contribution in [0.3, 0.4) is 0 Å². The number of anilines is 1. The van der Waals surface area contributed by atoms with E-state index in [4.69, 9.17) is 11.6 Å². The van der Waals surface area contributed by atoms with E-state index in [0.717, 1.165) is 5.56 Å². The van der Waals surface area contributed by atoms with Crippen molar-refractivity contribution < 1.29 is 14.3 Å². The molecule has 0 radical (unpaired) electrons. The van der Waals surface area contributed by atoms with Crippen molar-refractivity contribution in [2.45, 2.75) is 39.3 Å². The minimum Gasteiger partial charge on any atom is -0.392 e. The van der Waals surface area contributed by atoms with Gasteiger partial charge in [-0.25, -0.2) is 4.39 Å². The fourth-order valence-electron chi connectivity index (χ4n) is 5.99. The maximum atomic E-state index is 14.4. The Balaban J connectivity index is 1.88. The lowest BCUT2D eigenvalue weighted by molar-refractivity contribution is -0.126. The molecule has 1 aliphatic rings. The highest BCUT2D eigenvalue weighted by Gasteiger charge is 2.31. The molecule has 7 nitrogen and oxygen atoms in total. The van der Waals surface area contributed by atoms with Gasteiger partial charge in [0, 0.05) is 41.6 Å². The number of amides is 1. The molecule has 1 saturated heterocycles. The van der Waals surface area contributed by atoms with E-state index in [-0.39, 0.29) is 23.4 Å². The third-order valence-electron chi connectivity index (χ3n) is 8.08. The number of fused-ring (bicyclic) bond motifs is 1. The van der Waals surface area contributed by atoms with Gasteiger partial charge in [0.1, 0.15) is 17.4 Å². The Morgan fingerprint density at radius 1 is 1.19 bits per heavy atom. The van der Waals surface area contributed by atoms with Crippen LogP contribution in [0.5, 0.6) is 0 Å². The average molecular weight is 599 g/mol. The molecule has 1 aliphatic heterocycles. The molecule has 3 aromatic carbocycles. The highest BCUT2D eigenvalue weighted by Crippen LogP contribution is 2.40. The van der Waals surface area contributed by atoms with Crippen molar-refractivity contribution in [3.8, 4) is 22.9 Å². The molecule has 9 heteroatoms. The highest BCUT2D eigenvalue weighted by molar-refractivity contribution is 6.34. The Labute approximate surface area is 254 Å². The van der Waals surface area contributed by atoms with E-state index in [0.29, 0.717) is 63.6 Å². The number of aliphatic hydroxyl groups excluding tert-OH is 1. The van der Waals surface area contributed by atoms with Gasteiger partial charge < -0.3 is 14.9 Å². The smallest absolute Gasteiger partial charge is 0.275 e. The molecule has 1 fully saturated rings. The number of piperazine rings is 1. The van der Waals surface area contributed by atoms with Crippen molar-refractivity contribution in [2.24, 2.45) is 0 Å². The van der Waals surface area contributed by atoms with Gasteiger partial charge in [-0.3, -0.25) is 14.2 Å². The highest BCUT2D eigenvalue weighted by atomic mass is 35.5. The summed E-state index contributed by atoms with van der Waals surface area (Å²) in [5.41, 5.74) is 3.41. The molecular formula is C34H32ClFN4O3. The summed E-state index contributed by atoms with van der Waals surface area (Å²) in [5.74, 6) is -0.593. The molecule has 220 valence electrons. The predicted octanol–water partition coefficient (Wildman–Crippen LogP) is 6.16. The van der Waals surface area contributed by atoms with E-state index in [1.165, 1.54) is 18.2 Å². The molecule has 4 aromatic rings. The zero-order valence-corrected chi connectivity index (χ0v) is 25.0. The van der Waals surface area contributed by atoms with E-state index in [2.05, 4.69) is 12.6 Å². The fraction of sp³-hybridized carbons (Fsp3) is 0.265. The molecule has 43 heavy (non-hydrogen) atoms. The number of pyridine rings is 1. The van der Waals surface area contributed by atoms with Crippen LogP contribution in [0.2, 0.25) is 5.02 Å². The number of rotatable bonds is 6. The summed E-state index contributed by atoms with van der Waals surface area (Å²) in [6.07, 6.45) is 1.28. The van der Waals surface area contributed by atoms with Gasteiger partial charge in [0.05, 0.1) is 23.5 Å². The van der Waals surface area contributed by atoms with Crippen molar-refractivity contribution >= 4 is 34.1 Å². The Hall–Kier alpha value is -4.45. The minimum absolute atomic E-state index is 0.0250. The van der Waals surface area contributed by atoms with Gasteiger partial charge in [-0.05, 0) is 65.9 Å². The Morgan fingerprint density at radius 3 is 2.58 bits per heavy atom. The van der Waals surface area contributed by atoms with Crippen LogP contribution in [-0.2, 0) is 11.4 Å². The summed E-state index contributed by atoms with van der Waals surface area (Å²) in [6.45, 7) is 10.4. The van der Waals surface area contributed by atoms with Gasteiger partial charge >= 0.3 is 0 Å². The van der Waals surface area contributed by atoms with E-state index in [9.17, 15) is 24.3 Å². The molecule has 5 rings (SSSR count). The van der Waals surface area contributed by atoms with Gasteiger partial charge in [0.25, 0.3) is 5.56 Å². The van der Waals surface area contributed by atoms with Gasteiger partial charge in [-0.15, -0.1) is 0 Å². The van der Waals surface area contributed by atoms with Crippen LogP contribution in [-0.4, -0.2) is 46.2 Å². The molecule has 1 N–H and O–H groups in total. The predicted molar refractivity (Wildman–Crippen MR) is 168 cm³/mol. The second-order valence-corrected chi connectivity index (χ2v) is 11.4. The monoisotopic (exact) mass is 598 g/mol. The van der Waals surface area contributed by atoms with Crippen molar-refractivity contribution in [1.29, 1.82) is 5.26 Å². The third kappa shape index (κ3) is 5.31. The first-order chi connectivity index (χ1) is 20.6. The molecular weight excluding hydrogens is 567 g/mol. The zero-order chi connectivity index (χ0) is 31.0. The number of carbonyl (C=O) groups excluding carboxylic acids is 1. The molecule has 1 atom stereocenters. The summed E-state index contributed by atoms with van der Waals surface area (Å²) in [4.78, 5) is 30.4. The van der Waals surface area contributed by atoms with Gasteiger partial charge in [0.15, 0.2) is 0 Å². The number of nitriles is 1. The lowest BCUT2D eigenvalue weighted by atomic mass is 9.95. The first-order valence-electron chi connectivity index (χ1n) is 14.1. The number of halogens is 2. The molecule has 0 aliphatic carbocycles. The van der Waals surface area contributed by atoms with Gasteiger partial charge in [-0.2, -0.15) is 5.26 Å². The van der Waals surface area contributed by atoms with Crippen LogP contribution in [0.25, 0.3) is 27.7 Å².